The molecule has 1 aliphatic heterocycles. The van der Waals surface area contributed by atoms with Crippen molar-refractivity contribution in [1.29, 1.82) is 0 Å². The molecule has 206 valence electrons. The van der Waals surface area contributed by atoms with Gasteiger partial charge >= 0.3 is 6.09 Å². The quantitative estimate of drug-likeness (QED) is 0.245. The Morgan fingerprint density at radius 3 is 2.36 bits per heavy atom. The Kier molecular flexibility index (Phi) is 6.52. The van der Waals surface area contributed by atoms with Crippen LogP contribution < -0.4 is 5.56 Å². The van der Waals surface area contributed by atoms with Gasteiger partial charge in [-0.1, -0.05) is 26.0 Å². The smallest absolute Gasteiger partial charge is 0.410 e. The molecule has 6 rings (SSSR count). The Bertz CT molecular complexity index is 1630. The van der Waals surface area contributed by atoms with Crippen LogP contribution in [0.3, 0.4) is 0 Å². The number of hydrogen-bond donors (Lipinski definition) is 0. The maximum absolute atomic E-state index is 13.3. The van der Waals surface area contributed by atoms with Crippen molar-refractivity contribution in [1.82, 2.24) is 18.9 Å². The number of carbonyl (C=O) groups excluding carboxylic acids is 1. The predicted octanol–water partition coefficient (Wildman–Crippen LogP) is 7.29. The summed E-state index contributed by atoms with van der Waals surface area (Å²) in [6.45, 7) is 11.7. The van der Waals surface area contributed by atoms with E-state index in [1.807, 2.05) is 43.9 Å². The number of nitrogens with zero attached hydrogens (tertiary/aromatic N) is 4. The van der Waals surface area contributed by atoms with Crippen LogP contribution in [-0.4, -0.2) is 43.6 Å². The molecule has 2 aromatic carbocycles. The van der Waals surface area contributed by atoms with Crippen molar-refractivity contribution in [3.63, 3.8) is 0 Å². The van der Waals surface area contributed by atoms with E-state index >= 15 is 0 Å². The Morgan fingerprint density at radius 1 is 1.00 bits per heavy atom. The number of hydrogen-bond acceptors (Lipinski definition) is 4. The van der Waals surface area contributed by atoms with Gasteiger partial charge in [0.05, 0.1) is 21.9 Å². The van der Waals surface area contributed by atoms with Gasteiger partial charge in [0.2, 0.25) is 5.78 Å². The number of likely N-dealkylation sites (tertiary alicyclic amines) is 1. The van der Waals surface area contributed by atoms with Gasteiger partial charge in [0.1, 0.15) is 5.60 Å². The molecule has 1 amide bonds. The highest BCUT2D eigenvalue weighted by molar-refractivity contribution is 9.10. The highest BCUT2D eigenvalue weighted by Crippen LogP contribution is 2.42. The highest BCUT2D eigenvalue weighted by Gasteiger charge is 2.33. The van der Waals surface area contributed by atoms with Crippen LogP contribution in [0, 0.1) is 11.8 Å². The largest absolute Gasteiger partial charge is 0.444 e. The minimum absolute atomic E-state index is 0.199. The summed E-state index contributed by atoms with van der Waals surface area (Å²) in [5.41, 5.74) is 3.67. The molecule has 0 radical (unpaired) electrons. The molecule has 3 heterocycles. The normalized spacial score (nSPS) is 21.4. The van der Waals surface area contributed by atoms with Gasteiger partial charge in [-0.2, -0.15) is 4.98 Å². The van der Waals surface area contributed by atoms with Gasteiger partial charge in [-0.05, 0) is 110 Å². The lowest BCUT2D eigenvalue weighted by atomic mass is 9.89. The average molecular weight is 594 g/mol. The highest BCUT2D eigenvalue weighted by atomic mass is 79.9. The Hall–Kier alpha value is -2.87. The number of rotatable bonds is 2. The molecule has 7 nitrogen and oxygen atoms in total. The van der Waals surface area contributed by atoms with Gasteiger partial charge in [0.25, 0.3) is 5.56 Å². The minimum Gasteiger partial charge on any atom is -0.444 e. The van der Waals surface area contributed by atoms with Crippen LogP contribution in [0.15, 0.2) is 45.7 Å². The van der Waals surface area contributed by atoms with Crippen LogP contribution in [0.5, 0.6) is 0 Å². The van der Waals surface area contributed by atoms with Gasteiger partial charge in [-0.25, -0.2) is 4.79 Å². The van der Waals surface area contributed by atoms with Crippen molar-refractivity contribution >= 4 is 49.7 Å². The zero-order chi connectivity index (χ0) is 27.6. The maximum Gasteiger partial charge on any atom is 0.410 e. The first-order valence-electron chi connectivity index (χ1n) is 14.1. The zero-order valence-corrected chi connectivity index (χ0v) is 25.0. The average Bonchev–Trinajstić information content (AvgIpc) is 3.38. The van der Waals surface area contributed by atoms with Crippen molar-refractivity contribution < 1.29 is 9.53 Å². The summed E-state index contributed by atoms with van der Waals surface area (Å²) in [6, 6.07) is 12.9. The molecule has 0 unspecified atom stereocenters. The fraction of sp³-hybridized carbons (Fsp3) is 0.516. The number of fused-ring (bicyclic) bond motifs is 5. The van der Waals surface area contributed by atoms with E-state index in [1.165, 1.54) is 5.56 Å². The standard InChI is InChI=1S/C31H37BrN4O3/c1-18-15-22(16-19(18)2)35-26-17-21(20-11-13-34(14-12-20)30(38)39-31(3,4)5)9-10-24(26)36-25-8-6-7-23(32)27(25)28(37)33-29(35)36/h6-10,17-20,22H,11-16H2,1-5H3/t18-,19-/m0/s1. The van der Waals surface area contributed by atoms with Crippen molar-refractivity contribution in [3.05, 3.63) is 56.8 Å². The molecular formula is C31H37BrN4O3. The number of aromatic nitrogens is 3. The van der Waals surface area contributed by atoms with Gasteiger partial charge in [0, 0.05) is 23.6 Å². The van der Waals surface area contributed by atoms with Crippen molar-refractivity contribution in [2.45, 2.75) is 77.9 Å². The summed E-state index contributed by atoms with van der Waals surface area (Å²) in [5.74, 6) is 2.33. The first-order chi connectivity index (χ1) is 18.5. The second kappa shape index (κ2) is 9.65. The van der Waals surface area contributed by atoms with Crippen LogP contribution in [0.1, 0.15) is 77.8 Å². The molecule has 0 spiro atoms. The van der Waals surface area contributed by atoms with E-state index in [1.54, 1.807) is 0 Å². The number of carbonyl (C=O) groups is 1. The molecular weight excluding hydrogens is 556 g/mol. The van der Waals surface area contributed by atoms with E-state index < -0.39 is 5.60 Å². The SMILES string of the molecule is C[C@H]1CC(n2c3cc(C4CCN(C(=O)OC(C)(C)C)CC4)ccc3n3c4cccc(Br)c4c(=O)nc23)C[C@@H]1C. The van der Waals surface area contributed by atoms with Gasteiger partial charge < -0.3 is 14.2 Å². The van der Waals surface area contributed by atoms with Gasteiger partial charge in [0.15, 0.2) is 0 Å². The first kappa shape index (κ1) is 26.4. The van der Waals surface area contributed by atoms with Crippen molar-refractivity contribution in [2.75, 3.05) is 13.1 Å². The molecule has 1 aliphatic carbocycles. The number of halogens is 1. The van der Waals surface area contributed by atoms with E-state index in [0.717, 1.165) is 52.5 Å². The predicted molar refractivity (Wildman–Crippen MR) is 159 cm³/mol. The van der Waals surface area contributed by atoms with Crippen LogP contribution >= 0.6 is 15.9 Å². The van der Waals surface area contributed by atoms with Crippen molar-refractivity contribution in [2.24, 2.45) is 11.8 Å². The van der Waals surface area contributed by atoms with Crippen LogP contribution in [-0.2, 0) is 4.74 Å². The summed E-state index contributed by atoms with van der Waals surface area (Å²) in [4.78, 5) is 32.4. The molecule has 0 bridgehead atoms. The molecule has 2 aliphatic rings. The summed E-state index contributed by atoms with van der Waals surface area (Å²) < 4.78 is 10.9. The summed E-state index contributed by atoms with van der Waals surface area (Å²) in [6.07, 6.45) is 3.72. The fourth-order valence-corrected chi connectivity index (χ4v) is 7.14. The fourth-order valence-electron chi connectivity index (χ4n) is 6.61. The third-order valence-electron chi connectivity index (χ3n) is 8.81. The second-order valence-corrected chi connectivity index (χ2v) is 13.5. The van der Waals surface area contributed by atoms with Gasteiger partial charge in [-0.3, -0.25) is 9.20 Å². The van der Waals surface area contributed by atoms with Crippen molar-refractivity contribution in [3.8, 4) is 0 Å². The van der Waals surface area contributed by atoms with E-state index in [0.29, 0.717) is 42.3 Å². The molecule has 2 fully saturated rings. The molecule has 39 heavy (non-hydrogen) atoms. The molecule has 0 N–H and O–H groups in total. The third kappa shape index (κ3) is 4.64. The van der Waals surface area contributed by atoms with Gasteiger partial charge in [-0.15, -0.1) is 0 Å². The second-order valence-electron chi connectivity index (χ2n) is 12.6. The lowest BCUT2D eigenvalue weighted by molar-refractivity contribution is 0.0205. The monoisotopic (exact) mass is 592 g/mol. The van der Waals surface area contributed by atoms with E-state index in [2.05, 4.69) is 61.9 Å². The number of ether oxygens (including phenoxy) is 1. The summed E-state index contributed by atoms with van der Waals surface area (Å²) in [7, 11) is 0. The summed E-state index contributed by atoms with van der Waals surface area (Å²) in [5, 5.41) is 0.612. The molecule has 2 atom stereocenters. The minimum atomic E-state index is -0.489. The lowest BCUT2D eigenvalue weighted by Gasteiger charge is -2.33. The Morgan fingerprint density at radius 2 is 1.69 bits per heavy atom. The molecule has 1 saturated carbocycles. The molecule has 4 aromatic rings. The number of amides is 1. The number of imidazole rings is 1. The third-order valence-corrected chi connectivity index (χ3v) is 9.47. The maximum atomic E-state index is 13.3. The molecule has 1 saturated heterocycles. The Balaban J connectivity index is 1.44. The van der Waals surface area contributed by atoms with Crippen LogP contribution in [0.25, 0.3) is 27.7 Å². The summed E-state index contributed by atoms with van der Waals surface area (Å²) >= 11 is 3.58. The van der Waals surface area contributed by atoms with Crippen LogP contribution in [0.2, 0.25) is 0 Å². The zero-order valence-electron chi connectivity index (χ0n) is 23.4. The number of benzene rings is 2. The van der Waals surface area contributed by atoms with E-state index in [9.17, 15) is 9.59 Å². The van der Waals surface area contributed by atoms with E-state index in [4.69, 9.17) is 4.74 Å². The Labute approximate surface area is 237 Å². The van der Waals surface area contributed by atoms with Crippen LogP contribution in [0.4, 0.5) is 4.79 Å². The molecule has 8 heteroatoms. The topological polar surface area (TPSA) is 68.8 Å². The molecule has 2 aromatic heterocycles. The lowest BCUT2D eigenvalue weighted by Crippen LogP contribution is -2.41. The van der Waals surface area contributed by atoms with E-state index in [-0.39, 0.29) is 11.7 Å². The number of piperidine rings is 1. The first-order valence-corrected chi connectivity index (χ1v) is 14.9.